The van der Waals surface area contributed by atoms with Crippen molar-refractivity contribution < 1.29 is 19.3 Å². The van der Waals surface area contributed by atoms with Crippen LogP contribution < -0.4 is 20.9 Å². The van der Waals surface area contributed by atoms with Crippen LogP contribution in [0.5, 0.6) is 0 Å². The summed E-state index contributed by atoms with van der Waals surface area (Å²) in [6.45, 7) is 1.69. The molecule has 0 radical (unpaired) electrons. The summed E-state index contributed by atoms with van der Waals surface area (Å²) in [4.78, 5) is 37.2. The molecule has 0 saturated carbocycles. The van der Waals surface area contributed by atoms with Crippen molar-refractivity contribution in [2.75, 3.05) is 36.8 Å². The quantitative estimate of drug-likeness (QED) is 0.603. The van der Waals surface area contributed by atoms with Gasteiger partial charge in [-0.05, 0) is 36.4 Å². The Kier molecular flexibility index (Phi) is 6.05. The Hall–Kier alpha value is -2.90. The van der Waals surface area contributed by atoms with Gasteiger partial charge in [0, 0.05) is 10.7 Å². The summed E-state index contributed by atoms with van der Waals surface area (Å²) in [5.74, 6) is -0.642. The highest BCUT2D eigenvalue weighted by atomic mass is 35.5. The average molecular weight is 388 g/mol. The van der Waals surface area contributed by atoms with Crippen molar-refractivity contribution in [1.82, 2.24) is 5.32 Å². The van der Waals surface area contributed by atoms with Crippen LogP contribution in [-0.4, -0.2) is 43.9 Å². The van der Waals surface area contributed by atoms with Crippen molar-refractivity contribution in [2.24, 2.45) is 0 Å². The molecular formula is C19H20ClN4O3+. The zero-order valence-corrected chi connectivity index (χ0v) is 15.3. The number of quaternary nitrogens is 1. The summed E-state index contributed by atoms with van der Waals surface area (Å²) in [5, 5.41) is 8.87. The average Bonchev–Trinajstić information content (AvgIpc) is 2.64. The van der Waals surface area contributed by atoms with Crippen molar-refractivity contribution in [2.45, 2.75) is 0 Å². The zero-order chi connectivity index (χ0) is 19.2. The fourth-order valence-corrected chi connectivity index (χ4v) is 2.98. The number of nitrogens with one attached hydrogen (secondary N) is 4. The summed E-state index contributed by atoms with van der Waals surface area (Å²) in [5.41, 5.74) is 1.39. The predicted octanol–water partition coefficient (Wildman–Crippen LogP) is 0.546. The van der Waals surface area contributed by atoms with Gasteiger partial charge >= 0.3 is 0 Å². The summed E-state index contributed by atoms with van der Waals surface area (Å²) >= 11 is 5.85. The van der Waals surface area contributed by atoms with Crippen LogP contribution in [0.3, 0.4) is 0 Å². The minimum absolute atomic E-state index is 0.0632. The number of halogens is 1. The van der Waals surface area contributed by atoms with E-state index < -0.39 is 0 Å². The van der Waals surface area contributed by atoms with Crippen LogP contribution in [0.1, 0.15) is 10.4 Å². The summed E-state index contributed by atoms with van der Waals surface area (Å²) in [7, 11) is 0. The topological polar surface area (TPSA) is 91.7 Å². The van der Waals surface area contributed by atoms with E-state index in [-0.39, 0.29) is 30.8 Å². The van der Waals surface area contributed by atoms with Crippen LogP contribution in [0.15, 0.2) is 48.5 Å². The third-order valence-electron chi connectivity index (χ3n) is 4.17. The van der Waals surface area contributed by atoms with Gasteiger partial charge in [0.25, 0.3) is 17.7 Å². The van der Waals surface area contributed by atoms with Gasteiger partial charge in [0.1, 0.15) is 0 Å². The maximum Gasteiger partial charge on any atom is 0.279 e. The number of amides is 3. The SMILES string of the molecule is O=C1C[NH+](CC(=O)Nc2ccccc2C(=O)Nc2ccc(Cl)cc2)CCN1. The summed E-state index contributed by atoms with van der Waals surface area (Å²) in [6.07, 6.45) is 0. The Morgan fingerprint density at radius 1 is 1.07 bits per heavy atom. The van der Waals surface area contributed by atoms with Crippen molar-refractivity contribution >= 4 is 40.7 Å². The highest BCUT2D eigenvalue weighted by Gasteiger charge is 2.23. The maximum atomic E-state index is 12.6. The molecule has 1 aliphatic heterocycles. The Morgan fingerprint density at radius 2 is 1.81 bits per heavy atom. The number of carbonyl (C=O) groups excluding carboxylic acids is 3. The predicted molar refractivity (Wildman–Crippen MR) is 103 cm³/mol. The van der Waals surface area contributed by atoms with Gasteiger partial charge in [-0.1, -0.05) is 23.7 Å². The third kappa shape index (κ3) is 5.29. The van der Waals surface area contributed by atoms with Crippen molar-refractivity contribution in [3.63, 3.8) is 0 Å². The molecule has 2 aromatic rings. The molecule has 0 aliphatic carbocycles. The third-order valence-corrected chi connectivity index (χ3v) is 4.42. The minimum atomic E-state index is -0.335. The Bertz CT molecular complexity index is 854. The Balaban J connectivity index is 1.66. The van der Waals surface area contributed by atoms with Gasteiger partial charge in [0.2, 0.25) is 0 Å². The van der Waals surface area contributed by atoms with Crippen molar-refractivity contribution in [3.05, 3.63) is 59.1 Å². The normalized spacial score (nSPS) is 16.3. The molecule has 3 amide bonds. The first-order valence-corrected chi connectivity index (χ1v) is 8.95. The second-order valence-electron chi connectivity index (χ2n) is 6.26. The van der Waals surface area contributed by atoms with Gasteiger partial charge < -0.3 is 20.9 Å². The van der Waals surface area contributed by atoms with Crippen LogP contribution in [0.25, 0.3) is 0 Å². The lowest BCUT2D eigenvalue weighted by Crippen LogP contribution is -3.16. The molecular weight excluding hydrogens is 368 g/mol. The molecule has 1 unspecified atom stereocenters. The molecule has 1 heterocycles. The minimum Gasteiger partial charge on any atom is -0.346 e. The molecule has 3 rings (SSSR count). The van der Waals surface area contributed by atoms with Crippen LogP contribution in [-0.2, 0) is 9.59 Å². The fraction of sp³-hybridized carbons (Fsp3) is 0.211. The van der Waals surface area contributed by atoms with Crippen molar-refractivity contribution in [1.29, 1.82) is 0 Å². The Labute approximate surface area is 161 Å². The standard InChI is InChI=1S/C19H19ClN4O3/c20-13-5-7-14(8-6-13)22-19(27)15-3-1-2-4-16(15)23-18(26)12-24-10-9-21-17(25)11-24/h1-8H,9-12H2,(H,21,25)(H,22,27)(H,23,26)/p+1. The molecule has 8 heteroatoms. The van der Waals surface area contributed by atoms with Crippen LogP contribution in [0.2, 0.25) is 5.02 Å². The van der Waals surface area contributed by atoms with Gasteiger partial charge in [-0.2, -0.15) is 0 Å². The molecule has 1 aliphatic rings. The molecule has 140 valence electrons. The summed E-state index contributed by atoms with van der Waals surface area (Å²) < 4.78 is 0. The lowest BCUT2D eigenvalue weighted by molar-refractivity contribution is -0.885. The van der Waals surface area contributed by atoms with Gasteiger partial charge in [0.15, 0.2) is 13.1 Å². The molecule has 0 bridgehead atoms. The number of rotatable bonds is 5. The molecule has 7 nitrogen and oxygen atoms in total. The lowest BCUT2D eigenvalue weighted by atomic mass is 10.1. The smallest absolute Gasteiger partial charge is 0.279 e. The molecule has 0 spiro atoms. The van der Waals surface area contributed by atoms with Gasteiger partial charge in [-0.15, -0.1) is 0 Å². The first-order valence-electron chi connectivity index (χ1n) is 8.57. The monoisotopic (exact) mass is 387 g/mol. The molecule has 1 atom stereocenters. The number of piperazine rings is 1. The second-order valence-corrected chi connectivity index (χ2v) is 6.69. The first kappa shape index (κ1) is 18.9. The molecule has 2 aromatic carbocycles. The van der Waals surface area contributed by atoms with E-state index in [4.69, 9.17) is 11.6 Å². The molecule has 4 N–H and O–H groups in total. The molecule has 1 fully saturated rings. The fourth-order valence-electron chi connectivity index (χ4n) is 2.85. The van der Waals surface area contributed by atoms with E-state index in [0.29, 0.717) is 35.1 Å². The van der Waals surface area contributed by atoms with Crippen LogP contribution in [0.4, 0.5) is 11.4 Å². The van der Waals surface area contributed by atoms with E-state index in [1.165, 1.54) is 0 Å². The Morgan fingerprint density at radius 3 is 2.56 bits per heavy atom. The molecule has 27 heavy (non-hydrogen) atoms. The van der Waals surface area contributed by atoms with Gasteiger partial charge in [-0.3, -0.25) is 14.4 Å². The number of hydrogen-bond acceptors (Lipinski definition) is 3. The molecule has 1 saturated heterocycles. The molecule has 0 aromatic heterocycles. The number of anilines is 2. The van der Waals surface area contributed by atoms with Crippen LogP contribution >= 0.6 is 11.6 Å². The van der Waals surface area contributed by atoms with E-state index in [2.05, 4.69) is 16.0 Å². The highest BCUT2D eigenvalue weighted by Crippen LogP contribution is 2.18. The van der Waals surface area contributed by atoms with E-state index in [0.717, 1.165) is 4.90 Å². The second kappa shape index (κ2) is 8.66. The number of carbonyl (C=O) groups is 3. The van der Waals surface area contributed by atoms with E-state index in [9.17, 15) is 14.4 Å². The highest BCUT2D eigenvalue weighted by molar-refractivity contribution is 6.30. The van der Waals surface area contributed by atoms with Crippen molar-refractivity contribution in [3.8, 4) is 0 Å². The number of hydrogen-bond donors (Lipinski definition) is 4. The maximum absolute atomic E-state index is 12.6. The number of para-hydroxylation sites is 1. The van der Waals surface area contributed by atoms with Gasteiger partial charge in [-0.25, -0.2) is 0 Å². The first-order chi connectivity index (χ1) is 13.0. The van der Waals surface area contributed by atoms with E-state index in [1.807, 2.05) is 0 Å². The largest absolute Gasteiger partial charge is 0.346 e. The van der Waals surface area contributed by atoms with E-state index >= 15 is 0 Å². The summed E-state index contributed by atoms with van der Waals surface area (Å²) in [6, 6.07) is 13.6. The lowest BCUT2D eigenvalue weighted by Gasteiger charge is -2.23. The van der Waals surface area contributed by atoms with Crippen LogP contribution in [0, 0.1) is 0 Å². The van der Waals surface area contributed by atoms with Gasteiger partial charge in [0.05, 0.1) is 24.3 Å². The zero-order valence-electron chi connectivity index (χ0n) is 14.5. The van der Waals surface area contributed by atoms with E-state index in [1.54, 1.807) is 48.5 Å². The number of benzene rings is 2.